The SMILES string of the molecule is CCOc1ccc(Cc2cc(C3OC(COCc4ccccc4-c4ccccc4CO)C[C@H](OCc4ccccc4)C3OCc3ccccc3)c3ccccc3c2Cl)cc1. The molecule has 7 aromatic rings. The fourth-order valence-corrected chi connectivity index (χ4v) is 8.49. The van der Waals surface area contributed by atoms with Crippen molar-refractivity contribution < 1.29 is 28.8 Å². The highest BCUT2D eigenvalue weighted by molar-refractivity contribution is 6.36. The van der Waals surface area contributed by atoms with Crippen LogP contribution in [0.3, 0.4) is 0 Å². The minimum absolute atomic E-state index is 0.0398. The van der Waals surface area contributed by atoms with Crippen molar-refractivity contribution in [3.05, 3.63) is 208 Å². The van der Waals surface area contributed by atoms with Crippen molar-refractivity contribution in [3.8, 4) is 16.9 Å². The molecule has 3 unspecified atom stereocenters. The van der Waals surface area contributed by atoms with E-state index in [1.165, 1.54) is 0 Å². The molecule has 1 N–H and O–H groups in total. The Kier molecular flexibility index (Phi) is 14.0. The predicted molar refractivity (Wildman–Crippen MR) is 239 cm³/mol. The van der Waals surface area contributed by atoms with Gasteiger partial charge >= 0.3 is 0 Å². The van der Waals surface area contributed by atoms with Gasteiger partial charge in [0.15, 0.2) is 0 Å². The molecular formula is C53H51ClO6. The normalized spacial score (nSPS) is 17.8. The Morgan fingerprint density at radius 1 is 0.617 bits per heavy atom. The van der Waals surface area contributed by atoms with E-state index in [-0.39, 0.29) is 18.8 Å². The first-order valence-corrected chi connectivity index (χ1v) is 21.2. The molecule has 0 spiro atoms. The lowest BCUT2D eigenvalue weighted by Gasteiger charge is -2.42. The molecule has 0 aromatic heterocycles. The molecule has 1 aliphatic rings. The Balaban J connectivity index is 1.14. The molecule has 1 fully saturated rings. The largest absolute Gasteiger partial charge is 0.494 e. The molecule has 8 rings (SSSR count). The topological polar surface area (TPSA) is 66.4 Å². The number of ether oxygens (including phenoxy) is 5. The van der Waals surface area contributed by atoms with Gasteiger partial charge in [0.1, 0.15) is 18.0 Å². The van der Waals surface area contributed by atoms with E-state index in [1.807, 2.05) is 104 Å². The molecular weight excluding hydrogens is 768 g/mol. The van der Waals surface area contributed by atoms with Crippen LogP contribution < -0.4 is 4.74 Å². The Hall–Kier alpha value is -5.31. The maximum Gasteiger partial charge on any atom is 0.119 e. The smallest absolute Gasteiger partial charge is 0.119 e. The van der Waals surface area contributed by atoms with Crippen LogP contribution in [0.15, 0.2) is 164 Å². The minimum Gasteiger partial charge on any atom is -0.494 e. The number of fused-ring (bicyclic) bond motifs is 1. The molecule has 1 saturated heterocycles. The Bertz CT molecular complexity index is 2440. The van der Waals surface area contributed by atoms with Crippen LogP contribution in [0.5, 0.6) is 5.75 Å². The van der Waals surface area contributed by atoms with Crippen LogP contribution in [0.2, 0.25) is 5.02 Å². The van der Waals surface area contributed by atoms with Gasteiger partial charge in [-0.2, -0.15) is 0 Å². The monoisotopic (exact) mass is 818 g/mol. The van der Waals surface area contributed by atoms with Crippen molar-refractivity contribution in [2.24, 2.45) is 0 Å². The summed E-state index contributed by atoms with van der Waals surface area (Å²) >= 11 is 7.28. The van der Waals surface area contributed by atoms with Gasteiger partial charge in [-0.3, -0.25) is 0 Å². The van der Waals surface area contributed by atoms with Gasteiger partial charge in [-0.1, -0.05) is 163 Å². The number of halogens is 1. The number of benzene rings is 7. The standard InChI is InChI=1S/C53H51ClO6/c1-2-57-43-27-25-37(26-28-43)29-42-30-49(47-23-13-14-24-48(47)51(42)54)52-53(59-34-39-17-7-4-8-18-39)50(58-33-38-15-5-3-6-16-38)31-44(60-52)36-56-35-41-20-10-12-22-46(41)45-21-11-9-19-40(45)32-55/h3-28,30,44,50,52-53,55H,2,29,31-36H2,1H3/t44?,50-,52?,53?/m0/s1. The molecule has 60 heavy (non-hydrogen) atoms. The van der Waals surface area contributed by atoms with Crippen molar-refractivity contribution >= 4 is 22.4 Å². The van der Waals surface area contributed by atoms with E-state index < -0.39 is 12.2 Å². The molecule has 0 bridgehead atoms. The summed E-state index contributed by atoms with van der Waals surface area (Å²) in [5.41, 5.74) is 9.23. The third kappa shape index (κ3) is 9.99. The van der Waals surface area contributed by atoms with Crippen LogP contribution in [0.1, 0.15) is 58.4 Å². The number of aliphatic hydroxyl groups is 1. The van der Waals surface area contributed by atoms with E-state index in [9.17, 15) is 5.11 Å². The molecule has 0 saturated carbocycles. The molecule has 6 nitrogen and oxygen atoms in total. The van der Waals surface area contributed by atoms with E-state index in [0.29, 0.717) is 45.9 Å². The molecule has 0 radical (unpaired) electrons. The quantitative estimate of drug-likeness (QED) is 0.0987. The highest BCUT2D eigenvalue weighted by Crippen LogP contribution is 2.42. The zero-order chi connectivity index (χ0) is 41.1. The van der Waals surface area contributed by atoms with E-state index in [2.05, 4.69) is 66.7 Å². The molecule has 7 aromatic carbocycles. The van der Waals surface area contributed by atoms with Gasteiger partial charge in [-0.25, -0.2) is 0 Å². The molecule has 4 atom stereocenters. The van der Waals surface area contributed by atoms with E-state index in [1.54, 1.807) is 0 Å². The van der Waals surface area contributed by atoms with Crippen LogP contribution in [0, 0.1) is 0 Å². The summed E-state index contributed by atoms with van der Waals surface area (Å²) in [6.07, 6.45) is -0.403. The molecule has 0 aliphatic carbocycles. The summed E-state index contributed by atoms with van der Waals surface area (Å²) in [5.74, 6) is 0.842. The van der Waals surface area contributed by atoms with Crippen LogP contribution in [0.4, 0.5) is 0 Å². The van der Waals surface area contributed by atoms with Crippen molar-refractivity contribution in [1.29, 1.82) is 0 Å². The Morgan fingerprint density at radius 3 is 1.90 bits per heavy atom. The summed E-state index contributed by atoms with van der Waals surface area (Å²) < 4.78 is 33.4. The molecule has 0 amide bonds. The predicted octanol–water partition coefficient (Wildman–Crippen LogP) is 11.9. The highest BCUT2D eigenvalue weighted by Gasteiger charge is 2.42. The lowest BCUT2D eigenvalue weighted by molar-refractivity contribution is -0.219. The lowest BCUT2D eigenvalue weighted by Crippen LogP contribution is -2.47. The third-order valence-electron chi connectivity index (χ3n) is 11.2. The lowest BCUT2D eigenvalue weighted by atomic mass is 9.87. The summed E-state index contributed by atoms with van der Waals surface area (Å²) in [4.78, 5) is 0. The van der Waals surface area contributed by atoms with Crippen LogP contribution in [0.25, 0.3) is 21.9 Å². The first-order valence-electron chi connectivity index (χ1n) is 20.8. The van der Waals surface area contributed by atoms with Crippen molar-refractivity contribution in [1.82, 2.24) is 0 Å². The molecule has 1 heterocycles. The minimum atomic E-state index is -0.512. The van der Waals surface area contributed by atoms with Gasteiger partial charge in [0.25, 0.3) is 0 Å². The van der Waals surface area contributed by atoms with E-state index in [4.69, 9.17) is 35.3 Å². The number of aliphatic hydroxyl groups excluding tert-OH is 1. The van der Waals surface area contributed by atoms with Gasteiger partial charge < -0.3 is 28.8 Å². The average molecular weight is 819 g/mol. The van der Waals surface area contributed by atoms with Gasteiger partial charge in [-0.15, -0.1) is 0 Å². The average Bonchev–Trinajstić information content (AvgIpc) is 3.30. The molecule has 1 aliphatic heterocycles. The van der Waals surface area contributed by atoms with Crippen LogP contribution >= 0.6 is 11.6 Å². The van der Waals surface area contributed by atoms with Crippen LogP contribution in [-0.2, 0) is 51.8 Å². The maximum atomic E-state index is 10.1. The van der Waals surface area contributed by atoms with E-state index >= 15 is 0 Å². The summed E-state index contributed by atoms with van der Waals surface area (Å²) in [6, 6.07) is 55.4. The van der Waals surface area contributed by atoms with Gasteiger partial charge in [0.2, 0.25) is 0 Å². The number of hydrogen-bond donors (Lipinski definition) is 1. The van der Waals surface area contributed by atoms with Crippen molar-refractivity contribution in [2.75, 3.05) is 13.2 Å². The first kappa shape index (κ1) is 41.4. The summed E-state index contributed by atoms with van der Waals surface area (Å²) in [6.45, 7) is 4.10. The number of hydrogen-bond acceptors (Lipinski definition) is 6. The molecule has 306 valence electrons. The molecule has 7 heteroatoms. The third-order valence-corrected chi connectivity index (χ3v) is 11.6. The van der Waals surface area contributed by atoms with Crippen LogP contribution in [-0.4, -0.2) is 36.6 Å². The first-order chi connectivity index (χ1) is 29.6. The highest BCUT2D eigenvalue weighted by atomic mass is 35.5. The van der Waals surface area contributed by atoms with E-state index in [0.717, 1.165) is 71.6 Å². The second-order valence-corrected chi connectivity index (χ2v) is 15.6. The zero-order valence-electron chi connectivity index (χ0n) is 33.9. The maximum absolute atomic E-state index is 10.1. The fraction of sp³-hybridized carbons (Fsp3) is 0.245. The summed E-state index contributed by atoms with van der Waals surface area (Å²) in [5, 5.41) is 12.8. The van der Waals surface area contributed by atoms with Gasteiger partial charge in [0, 0.05) is 11.8 Å². The second kappa shape index (κ2) is 20.3. The Morgan fingerprint density at radius 2 is 1.22 bits per heavy atom. The van der Waals surface area contributed by atoms with Gasteiger partial charge in [0.05, 0.1) is 56.9 Å². The summed E-state index contributed by atoms with van der Waals surface area (Å²) in [7, 11) is 0. The Labute approximate surface area is 358 Å². The van der Waals surface area contributed by atoms with Crippen molar-refractivity contribution in [3.63, 3.8) is 0 Å². The zero-order valence-corrected chi connectivity index (χ0v) is 34.7. The van der Waals surface area contributed by atoms with Crippen molar-refractivity contribution in [2.45, 2.75) is 70.6 Å². The second-order valence-electron chi connectivity index (χ2n) is 15.2. The van der Waals surface area contributed by atoms with Gasteiger partial charge in [-0.05, 0) is 80.9 Å². The fourth-order valence-electron chi connectivity index (χ4n) is 8.20. The number of rotatable bonds is 17.